The van der Waals surface area contributed by atoms with Crippen molar-refractivity contribution in [2.24, 2.45) is 10.8 Å². The Balaban J connectivity index is 2.64. The molecule has 0 saturated carbocycles. The normalized spacial score (nSPS) is 11.6. The highest BCUT2D eigenvalue weighted by Gasteiger charge is 2.00. The van der Waals surface area contributed by atoms with Crippen LogP contribution in [0, 0.1) is 10.1 Å². The predicted molar refractivity (Wildman–Crippen MR) is 68.7 cm³/mol. The van der Waals surface area contributed by atoms with Crippen molar-refractivity contribution in [2.45, 2.75) is 0 Å². The number of benzene rings is 1. The molecule has 1 rings (SSSR count). The summed E-state index contributed by atoms with van der Waals surface area (Å²) in [6.07, 6.45) is 1.58. The van der Waals surface area contributed by atoms with E-state index in [0.717, 1.165) is 11.3 Å². The summed E-state index contributed by atoms with van der Waals surface area (Å²) in [5.74, 6) is -0.318. The van der Waals surface area contributed by atoms with Crippen LogP contribution in [0.5, 0.6) is 0 Å². The van der Waals surface area contributed by atoms with Crippen molar-refractivity contribution in [1.82, 2.24) is 5.43 Å². The van der Waals surface area contributed by atoms with Gasteiger partial charge in [0.1, 0.15) is 0 Å². The Morgan fingerprint density at radius 3 is 2.61 bits per heavy atom. The Labute approximate surface area is 104 Å². The van der Waals surface area contributed by atoms with Crippen molar-refractivity contribution in [3.63, 3.8) is 0 Å². The van der Waals surface area contributed by atoms with Crippen LogP contribution in [0.15, 0.2) is 29.4 Å². The third kappa shape index (κ3) is 4.47. The van der Waals surface area contributed by atoms with Gasteiger partial charge in [-0.05, 0) is 24.3 Å². The van der Waals surface area contributed by atoms with E-state index in [1.165, 1.54) is 0 Å². The highest BCUT2D eigenvalue weighted by Crippen LogP contribution is 2.10. The molecule has 0 unspecified atom stereocenters. The lowest BCUT2D eigenvalue weighted by atomic mass is 10.2. The van der Waals surface area contributed by atoms with E-state index >= 15 is 0 Å². The Morgan fingerprint density at radius 2 is 2.11 bits per heavy atom. The Bertz CT molecular complexity index is 466. The van der Waals surface area contributed by atoms with E-state index in [9.17, 15) is 10.1 Å². The van der Waals surface area contributed by atoms with E-state index in [1.807, 2.05) is 43.3 Å². The largest absolute Gasteiger partial charge is 0.378 e. The molecule has 8 nitrogen and oxygen atoms in total. The van der Waals surface area contributed by atoms with Gasteiger partial charge in [-0.2, -0.15) is 0 Å². The third-order valence-electron chi connectivity index (χ3n) is 2.03. The van der Waals surface area contributed by atoms with Crippen molar-refractivity contribution >= 4 is 17.9 Å². The van der Waals surface area contributed by atoms with Crippen molar-refractivity contribution in [3.8, 4) is 0 Å². The molecule has 0 atom stereocenters. The molecule has 4 N–H and O–H groups in total. The fraction of sp³-hybridized carbons (Fsp3) is 0.200. The van der Waals surface area contributed by atoms with Gasteiger partial charge in [0.05, 0.1) is 0 Å². The van der Waals surface area contributed by atoms with Gasteiger partial charge in [0.25, 0.3) is 0 Å². The number of hydrogen-bond donors (Lipinski definition) is 3. The first-order valence-corrected chi connectivity index (χ1v) is 5.09. The second-order valence-corrected chi connectivity index (χ2v) is 3.63. The molecule has 8 heteroatoms. The van der Waals surface area contributed by atoms with Gasteiger partial charge >= 0.3 is 5.96 Å². The summed E-state index contributed by atoms with van der Waals surface area (Å²) in [6, 6.07) is 7.65. The van der Waals surface area contributed by atoms with Gasteiger partial charge in [-0.1, -0.05) is 5.43 Å². The van der Waals surface area contributed by atoms with Gasteiger partial charge in [0.2, 0.25) is 6.21 Å². The van der Waals surface area contributed by atoms with Crippen LogP contribution in [0.25, 0.3) is 0 Å². The molecule has 0 aliphatic carbocycles. The summed E-state index contributed by atoms with van der Waals surface area (Å²) in [5.41, 5.74) is 8.87. The van der Waals surface area contributed by atoms with Crippen molar-refractivity contribution in [2.75, 3.05) is 19.0 Å². The van der Waals surface area contributed by atoms with E-state index in [2.05, 4.69) is 10.2 Å². The monoisotopic (exact) mass is 251 g/mol. The number of hydrazine groups is 1. The summed E-state index contributed by atoms with van der Waals surface area (Å²) < 4.78 is 0. The summed E-state index contributed by atoms with van der Waals surface area (Å²) in [6.45, 7) is 0. The highest BCUT2D eigenvalue weighted by atomic mass is 16.7. The average molecular weight is 251 g/mol. The predicted octanol–water partition coefficient (Wildman–Crippen LogP) is -1.74. The molecule has 0 aromatic heterocycles. The molecule has 0 heterocycles. The molecule has 0 fully saturated rings. The Hall–Kier alpha value is -2.64. The maximum absolute atomic E-state index is 10.0. The van der Waals surface area contributed by atoms with Gasteiger partial charge in [-0.3, -0.25) is 0 Å². The van der Waals surface area contributed by atoms with E-state index in [0.29, 0.717) is 0 Å². The second-order valence-electron chi connectivity index (χ2n) is 3.63. The standard InChI is InChI=1S/C10H14N6O2/c1-15(2)9-5-3-8(4-6-9)7-12-13-10(11)14-16(17)18/h3-7H,1-2H3,(H3,11,13,14)/p+1. The van der Waals surface area contributed by atoms with Gasteiger partial charge in [-0.15, -0.1) is 5.10 Å². The van der Waals surface area contributed by atoms with E-state index in [1.54, 1.807) is 11.6 Å². The molecule has 0 aliphatic heterocycles. The summed E-state index contributed by atoms with van der Waals surface area (Å²) in [4.78, 5) is 12.0. The number of rotatable bonds is 4. The topological polar surface area (TPSA) is 111 Å². The van der Waals surface area contributed by atoms with Crippen LogP contribution in [-0.4, -0.2) is 31.3 Å². The molecule has 0 saturated heterocycles. The summed E-state index contributed by atoms with van der Waals surface area (Å²) in [7, 11) is 3.90. The van der Waals surface area contributed by atoms with Crippen molar-refractivity contribution < 1.29 is 10.1 Å². The minimum Gasteiger partial charge on any atom is -0.378 e. The Morgan fingerprint density at radius 1 is 1.50 bits per heavy atom. The molecule has 18 heavy (non-hydrogen) atoms. The van der Waals surface area contributed by atoms with Crippen LogP contribution >= 0.6 is 0 Å². The number of anilines is 1. The fourth-order valence-corrected chi connectivity index (χ4v) is 1.16. The maximum Gasteiger partial charge on any atom is 0.319 e. The zero-order valence-electron chi connectivity index (χ0n) is 10.1. The smallest absolute Gasteiger partial charge is 0.319 e. The lowest BCUT2D eigenvalue weighted by Crippen LogP contribution is -2.64. The number of nitrogens with two attached hydrogens (primary N) is 1. The van der Waals surface area contributed by atoms with Gasteiger partial charge in [0.15, 0.2) is 5.03 Å². The number of hydrogen-bond acceptors (Lipinski definition) is 4. The second kappa shape index (κ2) is 6.18. The first-order chi connectivity index (χ1) is 8.49. The lowest BCUT2D eigenvalue weighted by Gasteiger charge is -2.11. The molecule has 1 aromatic rings. The minimum atomic E-state index is -0.785. The number of nitrogens with one attached hydrogen (secondary N) is 2. The van der Waals surface area contributed by atoms with Crippen molar-refractivity contribution in [3.05, 3.63) is 39.9 Å². The van der Waals surface area contributed by atoms with Crippen molar-refractivity contribution in [1.29, 1.82) is 0 Å². The number of nitro groups is 1. The van der Waals surface area contributed by atoms with E-state index < -0.39 is 5.03 Å². The zero-order chi connectivity index (χ0) is 13.5. The third-order valence-corrected chi connectivity index (χ3v) is 2.03. The van der Waals surface area contributed by atoms with Crippen LogP contribution in [0.1, 0.15) is 5.56 Å². The summed E-state index contributed by atoms with van der Waals surface area (Å²) >= 11 is 0. The molecule has 0 bridgehead atoms. The molecule has 0 amide bonds. The molecule has 0 radical (unpaired) electrons. The molecule has 0 aliphatic rings. The van der Waals surface area contributed by atoms with Gasteiger partial charge < -0.3 is 10.6 Å². The molecule has 96 valence electrons. The SMILES string of the molecule is CN(C)c1ccc(C=[NH+]N=C(N)N[N+](=O)[O-])cc1. The van der Waals surface area contributed by atoms with Crippen LogP contribution in [0.3, 0.4) is 0 Å². The maximum atomic E-state index is 10.0. The molecular formula is C10H15N6O2+. The quantitative estimate of drug-likeness (QED) is 0.255. The highest BCUT2D eigenvalue weighted by molar-refractivity contribution is 5.77. The number of hydrazone groups is 1. The zero-order valence-corrected chi connectivity index (χ0v) is 10.1. The van der Waals surface area contributed by atoms with E-state index in [-0.39, 0.29) is 5.96 Å². The average Bonchev–Trinajstić information content (AvgIpc) is 2.28. The summed E-state index contributed by atoms with van der Waals surface area (Å²) in [5, 5.41) is 15.3. The Kier molecular flexibility index (Phi) is 4.61. The molecular weight excluding hydrogens is 236 g/mol. The fourth-order valence-electron chi connectivity index (χ4n) is 1.16. The first-order valence-electron chi connectivity index (χ1n) is 5.09. The molecule has 1 aromatic carbocycles. The van der Waals surface area contributed by atoms with Gasteiger partial charge in [-0.25, -0.2) is 10.1 Å². The van der Waals surface area contributed by atoms with Crippen LogP contribution in [-0.2, 0) is 0 Å². The number of guanidine groups is 1. The first kappa shape index (κ1) is 13.4. The number of nitrogens with zero attached hydrogens (tertiary/aromatic N) is 3. The molecule has 0 spiro atoms. The van der Waals surface area contributed by atoms with E-state index in [4.69, 9.17) is 5.73 Å². The lowest BCUT2D eigenvalue weighted by molar-refractivity contribution is -0.528. The van der Waals surface area contributed by atoms with Crippen LogP contribution in [0.2, 0.25) is 0 Å². The van der Waals surface area contributed by atoms with Crippen LogP contribution in [0.4, 0.5) is 5.69 Å². The minimum absolute atomic E-state index is 0.318. The van der Waals surface area contributed by atoms with Crippen LogP contribution < -0.4 is 21.2 Å². The van der Waals surface area contributed by atoms with Gasteiger partial charge in [0, 0.05) is 30.4 Å².